The molecule has 39 heavy (non-hydrogen) atoms. The van der Waals surface area contributed by atoms with Crippen molar-refractivity contribution in [2.24, 2.45) is 0 Å². The highest BCUT2D eigenvalue weighted by atomic mass is 79.9. The van der Waals surface area contributed by atoms with Gasteiger partial charge in [-0.15, -0.1) is 0 Å². The van der Waals surface area contributed by atoms with Crippen LogP contribution in [0.2, 0.25) is 5.02 Å². The van der Waals surface area contributed by atoms with Crippen LogP contribution in [0.4, 0.5) is 0 Å². The van der Waals surface area contributed by atoms with E-state index in [9.17, 15) is 9.59 Å². The Morgan fingerprint density at radius 2 is 1.59 bits per heavy atom. The van der Waals surface area contributed by atoms with E-state index in [1.807, 2.05) is 106 Å². The highest BCUT2D eigenvalue weighted by Crippen LogP contribution is 2.33. The lowest BCUT2D eigenvalue weighted by Crippen LogP contribution is -2.55. The molecule has 0 saturated carbocycles. The summed E-state index contributed by atoms with van der Waals surface area (Å²) in [6.45, 7) is 5.69. The number of benzene rings is 4. The summed E-state index contributed by atoms with van der Waals surface area (Å²) in [6.07, 6.45) is 0.346. The molecule has 0 unspecified atom stereocenters. The number of nitrogens with zero attached hydrogens (tertiary/aromatic N) is 1. The highest BCUT2D eigenvalue weighted by Gasteiger charge is 2.33. The summed E-state index contributed by atoms with van der Waals surface area (Å²) >= 11 is 10.1. The minimum atomic E-state index is -0.779. The summed E-state index contributed by atoms with van der Waals surface area (Å²) in [6, 6.07) is 28.0. The fourth-order valence-corrected chi connectivity index (χ4v) is 5.17. The topological polar surface area (TPSA) is 58.6 Å². The minimum absolute atomic E-state index is 0.163. The Balaban J connectivity index is 1.66. The van der Waals surface area contributed by atoms with Crippen LogP contribution in [0, 0.1) is 0 Å². The first-order valence-electron chi connectivity index (χ1n) is 12.8. The molecule has 0 aromatic heterocycles. The summed E-state index contributed by atoms with van der Waals surface area (Å²) < 4.78 is 6.81. The molecule has 202 valence electrons. The number of fused-ring (bicyclic) bond motifs is 1. The van der Waals surface area contributed by atoms with Gasteiger partial charge in [0.15, 0.2) is 6.61 Å². The van der Waals surface area contributed by atoms with Crippen molar-refractivity contribution in [2.75, 3.05) is 6.61 Å². The average Bonchev–Trinajstić information content (AvgIpc) is 2.91. The molecule has 5 nitrogen and oxygen atoms in total. The SMILES string of the molecule is CC(C)(C)NC(=O)[C@@H](Cc1ccccc1)N(Cc1ccccc1Cl)C(=O)COc1ccc2ccccc2c1Br. The van der Waals surface area contributed by atoms with E-state index in [-0.39, 0.29) is 25.0 Å². The largest absolute Gasteiger partial charge is 0.483 e. The van der Waals surface area contributed by atoms with E-state index in [1.54, 1.807) is 11.0 Å². The van der Waals surface area contributed by atoms with E-state index in [0.717, 1.165) is 26.4 Å². The lowest BCUT2D eigenvalue weighted by atomic mass is 10.0. The van der Waals surface area contributed by atoms with Gasteiger partial charge in [-0.3, -0.25) is 9.59 Å². The van der Waals surface area contributed by atoms with Crippen LogP contribution < -0.4 is 10.1 Å². The summed E-state index contributed by atoms with van der Waals surface area (Å²) in [5, 5.41) is 5.64. The molecule has 0 heterocycles. The van der Waals surface area contributed by atoms with E-state index in [1.165, 1.54) is 0 Å². The summed E-state index contributed by atoms with van der Waals surface area (Å²) in [5.74, 6) is -0.00268. The zero-order valence-corrected chi connectivity index (χ0v) is 24.6. The van der Waals surface area contributed by atoms with Crippen molar-refractivity contribution >= 4 is 50.1 Å². The average molecular weight is 608 g/mol. The molecule has 0 aliphatic heterocycles. The summed E-state index contributed by atoms with van der Waals surface area (Å²) in [5.41, 5.74) is 1.22. The third-order valence-electron chi connectivity index (χ3n) is 6.25. The number of ether oxygens (including phenoxy) is 1. The molecule has 1 atom stereocenters. The van der Waals surface area contributed by atoms with Gasteiger partial charge in [-0.25, -0.2) is 0 Å². The minimum Gasteiger partial charge on any atom is -0.483 e. The third kappa shape index (κ3) is 7.61. The second-order valence-electron chi connectivity index (χ2n) is 10.4. The Kier molecular flexibility index (Phi) is 9.31. The fraction of sp³-hybridized carbons (Fsp3) is 0.250. The van der Waals surface area contributed by atoms with Crippen LogP contribution in [0.3, 0.4) is 0 Å². The third-order valence-corrected chi connectivity index (χ3v) is 7.43. The fourth-order valence-electron chi connectivity index (χ4n) is 4.36. The highest BCUT2D eigenvalue weighted by molar-refractivity contribution is 9.10. The van der Waals surface area contributed by atoms with E-state index >= 15 is 0 Å². The monoisotopic (exact) mass is 606 g/mol. The smallest absolute Gasteiger partial charge is 0.261 e. The van der Waals surface area contributed by atoms with Crippen molar-refractivity contribution in [3.63, 3.8) is 0 Å². The van der Waals surface area contributed by atoms with E-state index in [2.05, 4.69) is 21.2 Å². The second kappa shape index (κ2) is 12.7. The Morgan fingerprint density at radius 3 is 2.31 bits per heavy atom. The lowest BCUT2D eigenvalue weighted by Gasteiger charge is -2.34. The molecule has 4 aromatic carbocycles. The molecule has 0 saturated heterocycles. The Labute approximate surface area is 243 Å². The Bertz CT molecular complexity index is 1450. The molecule has 4 aromatic rings. The molecule has 0 spiro atoms. The predicted octanol–water partition coefficient (Wildman–Crippen LogP) is 7.19. The molecule has 0 bridgehead atoms. The summed E-state index contributed by atoms with van der Waals surface area (Å²) in [4.78, 5) is 29.1. The number of rotatable bonds is 9. The van der Waals surface area contributed by atoms with Crippen molar-refractivity contribution in [3.05, 3.63) is 112 Å². The van der Waals surface area contributed by atoms with Gasteiger partial charge < -0.3 is 15.0 Å². The van der Waals surface area contributed by atoms with Gasteiger partial charge in [-0.05, 0) is 70.7 Å². The molecule has 0 radical (unpaired) electrons. The first-order valence-corrected chi connectivity index (χ1v) is 14.0. The van der Waals surface area contributed by atoms with Gasteiger partial charge in [0.25, 0.3) is 5.91 Å². The van der Waals surface area contributed by atoms with Crippen molar-refractivity contribution in [1.29, 1.82) is 0 Å². The van der Waals surface area contributed by atoms with Crippen LogP contribution in [0.15, 0.2) is 95.5 Å². The quantitative estimate of drug-likeness (QED) is 0.219. The van der Waals surface area contributed by atoms with Crippen molar-refractivity contribution < 1.29 is 14.3 Å². The number of carbonyl (C=O) groups is 2. The van der Waals surface area contributed by atoms with E-state index < -0.39 is 11.6 Å². The number of hydrogen-bond donors (Lipinski definition) is 1. The van der Waals surface area contributed by atoms with Crippen LogP contribution in [-0.2, 0) is 22.6 Å². The molecular formula is C32H32BrClN2O3. The first kappa shape index (κ1) is 28.7. The Morgan fingerprint density at radius 1 is 0.923 bits per heavy atom. The molecule has 2 amide bonds. The van der Waals surface area contributed by atoms with Gasteiger partial charge in [-0.1, -0.05) is 90.5 Å². The van der Waals surface area contributed by atoms with Gasteiger partial charge in [0, 0.05) is 23.5 Å². The molecule has 7 heteroatoms. The van der Waals surface area contributed by atoms with Crippen LogP contribution in [0.5, 0.6) is 5.75 Å². The van der Waals surface area contributed by atoms with Gasteiger partial charge >= 0.3 is 0 Å². The lowest BCUT2D eigenvalue weighted by molar-refractivity contribution is -0.143. The second-order valence-corrected chi connectivity index (χ2v) is 11.6. The standard InChI is InChI=1S/C32H32BrClN2O3/c1-32(2,3)35-31(38)27(19-22-11-5-4-6-12-22)36(20-24-14-8-10-16-26(24)34)29(37)21-39-28-18-17-23-13-7-9-15-25(23)30(28)33/h4-18,27H,19-21H2,1-3H3,(H,35,38)/t27-/m1/s1. The van der Waals surface area contributed by atoms with Gasteiger partial charge in [-0.2, -0.15) is 0 Å². The van der Waals surface area contributed by atoms with Crippen molar-refractivity contribution in [2.45, 2.75) is 45.3 Å². The van der Waals surface area contributed by atoms with Gasteiger partial charge in [0.05, 0.1) is 4.47 Å². The first-order chi connectivity index (χ1) is 18.6. The van der Waals surface area contributed by atoms with Crippen LogP contribution in [0.25, 0.3) is 10.8 Å². The maximum absolute atomic E-state index is 13.9. The maximum Gasteiger partial charge on any atom is 0.261 e. The van der Waals surface area contributed by atoms with Crippen LogP contribution in [-0.4, -0.2) is 34.9 Å². The van der Waals surface area contributed by atoms with Gasteiger partial charge in [0.1, 0.15) is 11.8 Å². The maximum atomic E-state index is 13.9. The van der Waals surface area contributed by atoms with Crippen LogP contribution >= 0.6 is 27.5 Å². The number of hydrogen-bond acceptors (Lipinski definition) is 3. The molecular weight excluding hydrogens is 576 g/mol. The molecule has 4 rings (SSSR count). The number of amides is 2. The van der Waals surface area contributed by atoms with E-state index in [4.69, 9.17) is 16.3 Å². The van der Waals surface area contributed by atoms with Gasteiger partial charge in [0.2, 0.25) is 5.91 Å². The molecule has 0 aliphatic carbocycles. The van der Waals surface area contributed by atoms with Crippen molar-refractivity contribution in [3.8, 4) is 5.75 Å². The summed E-state index contributed by atoms with van der Waals surface area (Å²) in [7, 11) is 0. The zero-order valence-electron chi connectivity index (χ0n) is 22.3. The van der Waals surface area contributed by atoms with Crippen LogP contribution in [0.1, 0.15) is 31.9 Å². The number of nitrogens with one attached hydrogen (secondary N) is 1. The van der Waals surface area contributed by atoms with E-state index in [0.29, 0.717) is 17.2 Å². The normalized spacial score (nSPS) is 12.1. The molecule has 0 aliphatic rings. The predicted molar refractivity (Wildman–Crippen MR) is 161 cm³/mol. The zero-order chi connectivity index (χ0) is 28.0. The number of carbonyl (C=O) groups excluding carboxylic acids is 2. The Hall–Kier alpha value is -3.35. The van der Waals surface area contributed by atoms with Crippen molar-refractivity contribution in [1.82, 2.24) is 10.2 Å². The number of halogens is 2. The molecule has 1 N–H and O–H groups in total. The molecule has 0 fully saturated rings.